The molecule has 4 rings (SSSR count). The number of esters is 2. The van der Waals surface area contributed by atoms with E-state index < -0.39 is 88.9 Å². The molecular weight excluding hydrogens is 560 g/mol. The van der Waals surface area contributed by atoms with Gasteiger partial charge in [0.1, 0.15) is 30.0 Å². The van der Waals surface area contributed by atoms with E-state index in [0.29, 0.717) is 0 Å². The number of hydrogen-bond acceptors (Lipinski definition) is 11. The topological polar surface area (TPSA) is 183 Å². The Morgan fingerprint density at radius 2 is 1.79 bits per heavy atom. The van der Waals surface area contributed by atoms with E-state index in [2.05, 4.69) is 13.5 Å². The number of allylic oxidation sites excluding steroid dienone is 3. The third-order valence-electron chi connectivity index (χ3n) is 9.92. The lowest BCUT2D eigenvalue weighted by Gasteiger charge is -2.59. The molecule has 0 radical (unpaired) electrons. The van der Waals surface area contributed by atoms with Gasteiger partial charge in [0.2, 0.25) is 0 Å². The number of rotatable bonds is 10. The summed E-state index contributed by atoms with van der Waals surface area (Å²) in [6, 6.07) is 0. The van der Waals surface area contributed by atoms with E-state index in [9.17, 15) is 39.9 Å². The van der Waals surface area contributed by atoms with Crippen LogP contribution in [-0.2, 0) is 28.6 Å². The molecule has 0 bridgehead atoms. The highest BCUT2D eigenvalue weighted by Gasteiger charge is 2.85. The molecule has 0 aromatic rings. The first-order valence-electron chi connectivity index (χ1n) is 14.8. The van der Waals surface area contributed by atoms with Crippen LogP contribution in [0.3, 0.4) is 0 Å². The van der Waals surface area contributed by atoms with Crippen LogP contribution in [0.1, 0.15) is 60.3 Å². The van der Waals surface area contributed by atoms with Gasteiger partial charge >= 0.3 is 11.9 Å². The maximum atomic E-state index is 13.4. The average Bonchev–Trinajstić information content (AvgIpc) is 3.64. The van der Waals surface area contributed by atoms with Crippen molar-refractivity contribution in [1.29, 1.82) is 0 Å². The monoisotopic (exact) mass is 604 g/mol. The number of fused-ring (bicyclic) bond motifs is 5. The van der Waals surface area contributed by atoms with Crippen molar-refractivity contribution < 1.29 is 54.1 Å². The summed E-state index contributed by atoms with van der Waals surface area (Å²) in [5.41, 5.74) is -9.06. The number of unbranched alkanes of at least 4 members (excludes halogenated alkanes) is 3. The lowest BCUT2D eigenvalue weighted by Crippen LogP contribution is -2.76. The third-order valence-corrected chi connectivity index (χ3v) is 9.92. The Bertz CT molecular complexity index is 1250. The molecule has 1 aliphatic heterocycles. The lowest BCUT2D eigenvalue weighted by atomic mass is 9.53. The van der Waals surface area contributed by atoms with Crippen LogP contribution in [0, 0.1) is 17.8 Å². The maximum Gasteiger partial charge on any atom is 0.331 e. The van der Waals surface area contributed by atoms with Crippen LogP contribution < -0.4 is 0 Å². The third kappa shape index (κ3) is 4.85. The van der Waals surface area contributed by atoms with Crippen LogP contribution in [0.5, 0.6) is 0 Å². The Morgan fingerprint density at radius 3 is 2.37 bits per heavy atom. The minimum atomic E-state index is -2.64. The smallest absolute Gasteiger partial charge is 0.331 e. The molecule has 1 heterocycles. The largest absolute Gasteiger partial charge is 0.459 e. The average molecular weight is 605 g/mol. The van der Waals surface area contributed by atoms with Crippen molar-refractivity contribution in [1.82, 2.24) is 0 Å². The van der Waals surface area contributed by atoms with Crippen LogP contribution in [0.25, 0.3) is 0 Å². The van der Waals surface area contributed by atoms with Crippen molar-refractivity contribution in [3.63, 3.8) is 0 Å². The Hall–Kier alpha value is -2.67. The van der Waals surface area contributed by atoms with Gasteiger partial charge < -0.3 is 39.7 Å². The predicted octanol–water partition coefficient (Wildman–Crippen LogP) is 1.21. The van der Waals surface area contributed by atoms with Crippen molar-refractivity contribution in [3.05, 3.63) is 48.1 Å². The fraction of sp³-hybridized carbons (Fsp3) is 0.656. The van der Waals surface area contributed by atoms with Gasteiger partial charge in [0, 0.05) is 24.8 Å². The van der Waals surface area contributed by atoms with Crippen LogP contribution in [0.4, 0.5) is 0 Å². The number of ether oxygens (including phenoxy) is 3. The van der Waals surface area contributed by atoms with E-state index in [0.717, 1.165) is 38.7 Å². The molecule has 4 aliphatic rings. The number of aliphatic hydroxyl groups excluding tert-OH is 2. The molecule has 238 valence electrons. The van der Waals surface area contributed by atoms with Gasteiger partial charge in [0.15, 0.2) is 17.0 Å². The van der Waals surface area contributed by atoms with Crippen LogP contribution >= 0.6 is 0 Å². The fourth-order valence-electron chi connectivity index (χ4n) is 7.58. The van der Waals surface area contributed by atoms with Gasteiger partial charge in [-0.3, -0.25) is 9.59 Å². The Kier molecular flexibility index (Phi) is 9.03. The number of hydrogen-bond donors (Lipinski definition) is 5. The second-order valence-corrected chi connectivity index (χ2v) is 12.5. The van der Waals surface area contributed by atoms with E-state index in [1.165, 1.54) is 32.9 Å². The highest BCUT2D eigenvalue weighted by molar-refractivity contribution is 6.05. The molecule has 0 spiro atoms. The molecule has 11 unspecified atom stereocenters. The molecule has 1 saturated heterocycles. The summed E-state index contributed by atoms with van der Waals surface area (Å²) in [6.45, 7) is 10.6. The molecule has 2 saturated carbocycles. The summed E-state index contributed by atoms with van der Waals surface area (Å²) >= 11 is 0. The van der Waals surface area contributed by atoms with Gasteiger partial charge in [-0.1, -0.05) is 57.6 Å². The zero-order valence-corrected chi connectivity index (χ0v) is 25.4. The highest BCUT2D eigenvalue weighted by Crippen LogP contribution is 2.66. The van der Waals surface area contributed by atoms with Crippen molar-refractivity contribution in [2.75, 3.05) is 6.61 Å². The molecule has 3 aliphatic carbocycles. The van der Waals surface area contributed by atoms with Gasteiger partial charge in [-0.25, -0.2) is 4.79 Å². The Morgan fingerprint density at radius 1 is 1.12 bits per heavy atom. The number of aliphatic hydroxyl groups is 5. The standard InChI is InChI=1S/C32H44O11/c1-7-8-9-10-11-12-13-14-22(35)42-27-23-26-29(16-33,43-26)28(37)32(40)21(15-18(4)24(32)36)31(23,39)19(5)25(41-20(6)34)30(27,38)17(2)3/h11-15,19,21,23,25-28,33,37-40H,2,7-10,16H2,1,3-6H3. The summed E-state index contributed by atoms with van der Waals surface area (Å²) in [5, 5.41) is 58.8. The zero-order valence-electron chi connectivity index (χ0n) is 25.4. The van der Waals surface area contributed by atoms with E-state index in [4.69, 9.17) is 14.2 Å². The van der Waals surface area contributed by atoms with Crippen LogP contribution in [0.15, 0.2) is 48.1 Å². The van der Waals surface area contributed by atoms with Crippen LogP contribution in [-0.4, -0.2) is 96.7 Å². The van der Waals surface area contributed by atoms with Crippen molar-refractivity contribution >= 4 is 17.7 Å². The molecule has 0 aromatic heterocycles. The molecule has 0 aromatic carbocycles. The number of ketones is 1. The molecule has 5 N–H and O–H groups in total. The number of carbonyl (C=O) groups is 3. The Labute approximate surface area is 251 Å². The zero-order chi connectivity index (χ0) is 32.1. The molecule has 11 nitrogen and oxygen atoms in total. The second kappa shape index (κ2) is 11.7. The molecule has 0 amide bonds. The number of epoxide rings is 1. The molecule has 11 atom stereocenters. The van der Waals surface area contributed by atoms with E-state index >= 15 is 0 Å². The van der Waals surface area contributed by atoms with Gasteiger partial charge in [0.25, 0.3) is 0 Å². The van der Waals surface area contributed by atoms with Crippen molar-refractivity contribution in [2.45, 2.75) is 107 Å². The van der Waals surface area contributed by atoms with Gasteiger partial charge in [-0.05, 0) is 37.8 Å². The summed E-state index contributed by atoms with van der Waals surface area (Å²) < 4.78 is 17.3. The Balaban J connectivity index is 1.87. The maximum absolute atomic E-state index is 13.4. The minimum absolute atomic E-state index is 0.0368. The normalized spacial score (nSPS) is 43.4. The summed E-state index contributed by atoms with van der Waals surface area (Å²) in [4.78, 5) is 38.9. The lowest BCUT2D eigenvalue weighted by molar-refractivity contribution is -0.287. The first kappa shape index (κ1) is 33.2. The minimum Gasteiger partial charge on any atom is -0.459 e. The van der Waals surface area contributed by atoms with Crippen molar-refractivity contribution in [3.8, 4) is 0 Å². The number of Topliss-reactive ketones (excluding diaryl/α,β-unsaturated/α-hetero) is 1. The van der Waals surface area contributed by atoms with E-state index in [-0.39, 0.29) is 11.1 Å². The van der Waals surface area contributed by atoms with Gasteiger partial charge in [-0.2, -0.15) is 0 Å². The van der Waals surface area contributed by atoms with Gasteiger partial charge in [-0.15, -0.1) is 0 Å². The molecule has 11 heteroatoms. The van der Waals surface area contributed by atoms with Crippen molar-refractivity contribution in [2.24, 2.45) is 17.8 Å². The SMILES string of the molecule is C=C(C)C1(O)C(OC(C)=O)C(C)C2(O)C(C3OC3(CO)C(O)C3(O)C(=O)C(C)=CC32)C1OC(=O)C=CC=CCCCCC. The summed E-state index contributed by atoms with van der Waals surface area (Å²) in [5.74, 6) is -6.79. The highest BCUT2D eigenvalue weighted by atomic mass is 16.6. The van der Waals surface area contributed by atoms with Gasteiger partial charge in [0.05, 0.1) is 18.1 Å². The molecular formula is C32H44O11. The first-order valence-corrected chi connectivity index (χ1v) is 14.8. The first-order chi connectivity index (χ1) is 20.1. The molecule has 43 heavy (non-hydrogen) atoms. The van der Waals surface area contributed by atoms with Crippen LogP contribution in [0.2, 0.25) is 0 Å². The quantitative estimate of drug-likeness (QED) is 0.0603. The summed E-state index contributed by atoms with van der Waals surface area (Å²) in [6.07, 6.45) is 4.89. The fourth-order valence-corrected chi connectivity index (χ4v) is 7.58. The number of carbonyl (C=O) groups excluding carboxylic acids is 3. The van der Waals surface area contributed by atoms with E-state index in [1.807, 2.05) is 6.08 Å². The predicted molar refractivity (Wildman–Crippen MR) is 153 cm³/mol. The van der Waals surface area contributed by atoms with E-state index in [1.54, 1.807) is 6.08 Å². The molecule has 3 fully saturated rings. The summed E-state index contributed by atoms with van der Waals surface area (Å²) in [7, 11) is 0. The second-order valence-electron chi connectivity index (χ2n) is 12.5.